The lowest BCUT2D eigenvalue weighted by Crippen LogP contribution is -2.08. The Balaban J connectivity index is 1.62. The monoisotopic (exact) mass is 399 g/mol. The van der Waals surface area contributed by atoms with Gasteiger partial charge < -0.3 is 20.3 Å². The van der Waals surface area contributed by atoms with Crippen molar-refractivity contribution in [3.05, 3.63) is 78.4 Å². The van der Waals surface area contributed by atoms with Gasteiger partial charge in [-0.3, -0.25) is 0 Å². The minimum atomic E-state index is 0.550. The van der Waals surface area contributed by atoms with Crippen molar-refractivity contribution < 1.29 is 4.74 Å². The normalized spacial score (nSPS) is 10.6. The molecule has 152 valence electrons. The van der Waals surface area contributed by atoms with Crippen molar-refractivity contribution in [2.75, 3.05) is 36.7 Å². The number of methoxy groups -OCH3 is 1. The third-order valence-electron chi connectivity index (χ3n) is 4.88. The van der Waals surface area contributed by atoms with Gasteiger partial charge in [0.1, 0.15) is 11.6 Å². The molecule has 0 bridgehead atoms. The largest absolute Gasteiger partial charge is 0.496 e. The summed E-state index contributed by atoms with van der Waals surface area (Å²) >= 11 is 0. The van der Waals surface area contributed by atoms with Crippen LogP contribution in [0.25, 0.3) is 10.9 Å². The molecule has 3 aromatic carbocycles. The van der Waals surface area contributed by atoms with E-state index in [0.717, 1.165) is 39.4 Å². The second-order valence-electron chi connectivity index (χ2n) is 7.14. The molecule has 30 heavy (non-hydrogen) atoms. The molecule has 0 atom stereocenters. The maximum absolute atomic E-state index is 5.46. The number of hydrogen-bond acceptors (Lipinski definition) is 6. The summed E-state index contributed by atoms with van der Waals surface area (Å²) < 4.78 is 5.46. The number of ether oxygens (including phenoxy) is 1. The van der Waals surface area contributed by atoms with Crippen LogP contribution in [0, 0.1) is 0 Å². The molecule has 1 aromatic heterocycles. The van der Waals surface area contributed by atoms with Gasteiger partial charge >= 0.3 is 0 Å². The molecule has 0 unspecified atom stereocenters. The first-order valence-electron chi connectivity index (χ1n) is 9.81. The Labute approximate surface area is 176 Å². The standard InChI is InChI=1S/C24H25N5O/c1-29(2)19-14-12-18(13-15-19)26-24-27-21-10-6-5-9-20(21)23(28-24)25-16-17-8-4-7-11-22(17)30-3/h4-15H,16H2,1-3H3,(H2,25,26,27,28). The van der Waals surface area contributed by atoms with Gasteiger partial charge in [0.25, 0.3) is 0 Å². The second-order valence-corrected chi connectivity index (χ2v) is 7.14. The fourth-order valence-corrected chi connectivity index (χ4v) is 3.27. The van der Waals surface area contributed by atoms with Crippen LogP contribution in [0.2, 0.25) is 0 Å². The van der Waals surface area contributed by atoms with Crippen LogP contribution in [-0.4, -0.2) is 31.2 Å². The summed E-state index contributed by atoms with van der Waals surface area (Å²) in [6.45, 7) is 0.599. The number of rotatable bonds is 7. The summed E-state index contributed by atoms with van der Waals surface area (Å²) in [4.78, 5) is 11.5. The molecule has 0 amide bonds. The quantitative estimate of drug-likeness (QED) is 0.453. The Morgan fingerprint density at radius 1 is 0.867 bits per heavy atom. The van der Waals surface area contributed by atoms with E-state index in [2.05, 4.69) is 32.7 Å². The van der Waals surface area contributed by atoms with Crippen LogP contribution in [0.4, 0.5) is 23.1 Å². The van der Waals surface area contributed by atoms with Crippen LogP contribution in [-0.2, 0) is 6.54 Å². The van der Waals surface area contributed by atoms with Crippen molar-refractivity contribution in [2.45, 2.75) is 6.54 Å². The molecule has 0 saturated heterocycles. The summed E-state index contributed by atoms with van der Waals surface area (Å²) in [6.07, 6.45) is 0. The zero-order chi connectivity index (χ0) is 20.9. The zero-order valence-corrected chi connectivity index (χ0v) is 17.4. The molecule has 2 N–H and O–H groups in total. The van der Waals surface area contributed by atoms with Gasteiger partial charge in [0.2, 0.25) is 5.95 Å². The van der Waals surface area contributed by atoms with Gasteiger partial charge in [0, 0.05) is 43.0 Å². The number of nitrogens with zero attached hydrogens (tertiary/aromatic N) is 3. The van der Waals surface area contributed by atoms with Crippen LogP contribution in [0.5, 0.6) is 5.75 Å². The topological polar surface area (TPSA) is 62.3 Å². The molecule has 0 spiro atoms. The average molecular weight is 399 g/mol. The first kappa shape index (κ1) is 19.5. The average Bonchev–Trinajstić information content (AvgIpc) is 2.78. The molecular formula is C24H25N5O. The van der Waals surface area contributed by atoms with Gasteiger partial charge in [-0.1, -0.05) is 30.3 Å². The SMILES string of the molecule is COc1ccccc1CNc1nc(Nc2ccc(N(C)C)cc2)nc2ccccc12. The van der Waals surface area contributed by atoms with Crippen molar-refractivity contribution >= 4 is 34.0 Å². The minimum Gasteiger partial charge on any atom is -0.496 e. The smallest absolute Gasteiger partial charge is 0.229 e. The number of fused-ring (bicyclic) bond motifs is 1. The number of hydrogen-bond donors (Lipinski definition) is 2. The zero-order valence-electron chi connectivity index (χ0n) is 17.4. The molecule has 0 radical (unpaired) electrons. The van der Waals surface area contributed by atoms with Crippen LogP contribution in [0.15, 0.2) is 72.8 Å². The Hall–Kier alpha value is -3.80. The summed E-state index contributed by atoms with van der Waals surface area (Å²) in [6, 6.07) is 24.1. The highest BCUT2D eigenvalue weighted by molar-refractivity contribution is 5.90. The maximum Gasteiger partial charge on any atom is 0.229 e. The van der Waals surface area contributed by atoms with Crippen molar-refractivity contribution in [2.24, 2.45) is 0 Å². The summed E-state index contributed by atoms with van der Waals surface area (Å²) in [7, 11) is 5.73. The highest BCUT2D eigenvalue weighted by Crippen LogP contribution is 2.26. The highest BCUT2D eigenvalue weighted by Gasteiger charge is 2.09. The van der Waals surface area contributed by atoms with E-state index in [1.807, 2.05) is 74.8 Å². The van der Waals surface area contributed by atoms with E-state index >= 15 is 0 Å². The minimum absolute atomic E-state index is 0.550. The lowest BCUT2D eigenvalue weighted by Gasteiger charge is -2.15. The molecule has 0 fully saturated rings. The lowest BCUT2D eigenvalue weighted by molar-refractivity contribution is 0.410. The van der Waals surface area contributed by atoms with Gasteiger partial charge in [0.15, 0.2) is 0 Å². The molecule has 0 saturated carbocycles. The second kappa shape index (κ2) is 8.69. The fourth-order valence-electron chi connectivity index (χ4n) is 3.27. The molecular weight excluding hydrogens is 374 g/mol. The van der Waals surface area contributed by atoms with E-state index in [1.165, 1.54) is 0 Å². The van der Waals surface area contributed by atoms with Gasteiger partial charge in [0.05, 0.1) is 12.6 Å². The Morgan fingerprint density at radius 3 is 2.37 bits per heavy atom. The van der Waals surface area contributed by atoms with Crippen molar-refractivity contribution in [1.29, 1.82) is 0 Å². The fraction of sp³-hybridized carbons (Fsp3) is 0.167. The Bertz CT molecular complexity index is 1140. The predicted octanol–water partition coefficient (Wildman–Crippen LogP) is 5.06. The third-order valence-corrected chi connectivity index (χ3v) is 4.88. The number of para-hydroxylation sites is 2. The van der Waals surface area contributed by atoms with E-state index in [4.69, 9.17) is 9.72 Å². The predicted molar refractivity (Wildman–Crippen MR) is 124 cm³/mol. The van der Waals surface area contributed by atoms with Crippen molar-refractivity contribution in [1.82, 2.24) is 9.97 Å². The molecule has 1 heterocycles. The summed E-state index contributed by atoms with van der Waals surface area (Å²) in [5.74, 6) is 2.18. The van der Waals surface area contributed by atoms with Gasteiger partial charge in [-0.2, -0.15) is 4.98 Å². The molecule has 4 rings (SSSR count). The van der Waals surface area contributed by atoms with Crippen LogP contribution < -0.4 is 20.3 Å². The first-order chi connectivity index (χ1) is 14.6. The maximum atomic E-state index is 5.46. The van der Waals surface area contributed by atoms with E-state index in [9.17, 15) is 0 Å². The number of benzene rings is 3. The van der Waals surface area contributed by atoms with Crippen molar-refractivity contribution in [3.8, 4) is 5.75 Å². The third kappa shape index (κ3) is 4.27. The number of nitrogens with one attached hydrogen (secondary N) is 2. The Morgan fingerprint density at radius 2 is 1.60 bits per heavy atom. The molecule has 0 aliphatic heterocycles. The summed E-state index contributed by atoms with van der Waals surface area (Å²) in [5.41, 5.74) is 4.02. The highest BCUT2D eigenvalue weighted by atomic mass is 16.5. The molecule has 4 aromatic rings. The van der Waals surface area contributed by atoms with Crippen LogP contribution in [0.3, 0.4) is 0 Å². The molecule has 6 nitrogen and oxygen atoms in total. The van der Waals surface area contributed by atoms with Crippen molar-refractivity contribution in [3.63, 3.8) is 0 Å². The van der Waals surface area contributed by atoms with Gasteiger partial charge in [-0.05, 0) is 42.5 Å². The van der Waals surface area contributed by atoms with Gasteiger partial charge in [-0.15, -0.1) is 0 Å². The van der Waals surface area contributed by atoms with Crippen LogP contribution >= 0.6 is 0 Å². The van der Waals surface area contributed by atoms with E-state index in [0.29, 0.717) is 12.5 Å². The number of aromatic nitrogens is 2. The lowest BCUT2D eigenvalue weighted by atomic mass is 10.2. The molecule has 0 aliphatic carbocycles. The van der Waals surface area contributed by atoms with E-state index < -0.39 is 0 Å². The van der Waals surface area contributed by atoms with E-state index in [1.54, 1.807) is 7.11 Å². The first-order valence-corrected chi connectivity index (χ1v) is 9.81. The van der Waals surface area contributed by atoms with Gasteiger partial charge in [-0.25, -0.2) is 4.98 Å². The number of anilines is 4. The Kier molecular flexibility index (Phi) is 5.66. The molecule has 6 heteroatoms. The van der Waals surface area contributed by atoms with E-state index in [-0.39, 0.29) is 0 Å². The van der Waals surface area contributed by atoms with Crippen LogP contribution in [0.1, 0.15) is 5.56 Å². The summed E-state index contributed by atoms with van der Waals surface area (Å²) in [5, 5.41) is 7.74. The molecule has 0 aliphatic rings.